The molecule has 0 fully saturated rings. The quantitative estimate of drug-likeness (QED) is 0.712. The van der Waals surface area contributed by atoms with Crippen molar-refractivity contribution in [3.8, 4) is 11.3 Å². The van der Waals surface area contributed by atoms with Gasteiger partial charge in [-0.3, -0.25) is 4.79 Å². The van der Waals surface area contributed by atoms with Crippen molar-refractivity contribution in [3.63, 3.8) is 0 Å². The van der Waals surface area contributed by atoms with Crippen LogP contribution < -0.4 is 0 Å². The van der Waals surface area contributed by atoms with Gasteiger partial charge in [-0.2, -0.15) is 0 Å². The fraction of sp³-hybridized carbons (Fsp3) is 0.214. The molecule has 82 valence electrons. The van der Waals surface area contributed by atoms with E-state index in [0.717, 1.165) is 11.3 Å². The summed E-state index contributed by atoms with van der Waals surface area (Å²) in [4.78, 5) is 11.1. The van der Waals surface area contributed by atoms with Crippen LogP contribution in [0.2, 0.25) is 0 Å². The molecule has 0 bridgehead atoms. The Morgan fingerprint density at radius 1 is 1.06 bits per heavy atom. The van der Waals surface area contributed by atoms with Gasteiger partial charge in [-0.05, 0) is 43.2 Å². The van der Waals surface area contributed by atoms with Crippen molar-refractivity contribution in [1.29, 1.82) is 0 Å². The number of aryl methyl sites for hydroxylation is 2. The molecule has 0 amide bonds. The molecule has 0 aliphatic heterocycles. The molecule has 0 radical (unpaired) electrons. The van der Waals surface area contributed by atoms with Gasteiger partial charge in [0.15, 0.2) is 11.5 Å². The lowest BCUT2D eigenvalue weighted by atomic mass is 10.1. The van der Waals surface area contributed by atoms with Gasteiger partial charge in [0.2, 0.25) is 0 Å². The first-order valence-electron chi connectivity index (χ1n) is 5.26. The van der Waals surface area contributed by atoms with Crippen molar-refractivity contribution in [1.82, 2.24) is 0 Å². The molecular weight excluding hydrogens is 200 g/mol. The molecule has 0 unspecified atom stereocenters. The number of hydrogen-bond donors (Lipinski definition) is 0. The molecule has 0 aliphatic carbocycles. The molecule has 2 heteroatoms. The SMILES string of the molecule is CC(=O)c1ccc(-c2ccc(C)c(C)c2)o1. The number of hydrogen-bond acceptors (Lipinski definition) is 2. The molecule has 0 spiro atoms. The van der Waals surface area contributed by atoms with Crippen LogP contribution in [-0.2, 0) is 0 Å². The summed E-state index contributed by atoms with van der Waals surface area (Å²) in [5, 5.41) is 0. The average molecular weight is 214 g/mol. The van der Waals surface area contributed by atoms with Crippen molar-refractivity contribution < 1.29 is 9.21 Å². The van der Waals surface area contributed by atoms with E-state index in [1.165, 1.54) is 18.1 Å². The van der Waals surface area contributed by atoms with E-state index in [4.69, 9.17) is 4.42 Å². The molecule has 2 aromatic rings. The second kappa shape index (κ2) is 3.97. The van der Waals surface area contributed by atoms with E-state index in [1.54, 1.807) is 6.07 Å². The van der Waals surface area contributed by atoms with E-state index in [9.17, 15) is 4.79 Å². The monoisotopic (exact) mass is 214 g/mol. The number of benzene rings is 1. The lowest BCUT2D eigenvalue weighted by Gasteiger charge is -2.02. The van der Waals surface area contributed by atoms with Crippen LogP contribution in [0, 0.1) is 13.8 Å². The summed E-state index contributed by atoms with van der Waals surface area (Å²) in [6.45, 7) is 5.64. The van der Waals surface area contributed by atoms with Crippen LogP contribution in [-0.4, -0.2) is 5.78 Å². The van der Waals surface area contributed by atoms with Crippen LogP contribution in [0.3, 0.4) is 0 Å². The first kappa shape index (κ1) is 10.7. The molecule has 16 heavy (non-hydrogen) atoms. The molecule has 0 aliphatic rings. The van der Waals surface area contributed by atoms with Gasteiger partial charge in [-0.1, -0.05) is 12.1 Å². The highest BCUT2D eigenvalue weighted by molar-refractivity contribution is 5.91. The molecule has 1 aromatic carbocycles. The maximum absolute atomic E-state index is 11.1. The lowest BCUT2D eigenvalue weighted by molar-refractivity contribution is 0.0988. The maximum Gasteiger partial charge on any atom is 0.194 e. The normalized spacial score (nSPS) is 10.4. The Hall–Kier alpha value is -1.83. The van der Waals surface area contributed by atoms with Crippen LogP contribution >= 0.6 is 0 Å². The Kier molecular flexibility index (Phi) is 2.65. The molecule has 1 heterocycles. The summed E-state index contributed by atoms with van der Waals surface area (Å²) in [7, 11) is 0. The first-order valence-corrected chi connectivity index (χ1v) is 5.26. The van der Waals surface area contributed by atoms with Crippen LogP contribution in [0.25, 0.3) is 11.3 Å². The number of ketones is 1. The number of rotatable bonds is 2. The van der Waals surface area contributed by atoms with E-state index in [1.807, 2.05) is 12.1 Å². The van der Waals surface area contributed by atoms with Crippen LogP contribution in [0.1, 0.15) is 28.6 Å². The highest BCUT2D eigenvalue weighted by Gasteiger charge is 2.08. The third kappa shape index (κ3) is 1.91. The Labute approximate surface area is 94.9 Å². The van der Waals surface area contributed by atoms with Crippen molar-refractivity contribution in [2.45, 2.75) is 20.8 Å². The number of Topliss-reactive ketones (excluding diaryl/α,β-unsaturated/α-hetero) is 1. The highest BCUT2D eigenvalue weighted by atomic mass is 16.3. The van der Waals surface area contributed by atoms with Crippen LogP contribution in [0.4, 0.5) is 0 Å². The summed E-state index contributed by atoms with van der Waals surface area (Å²) in [5.41, 5.74) is 3.48. The minimum Gasteiger partial charge on any atom is -0.453 e. The van der Waals surface area contributed by atoms with Gasteiger partial charge in [0.05, 0.1) is 0 Å². The third-order valence-corrected chi connectivity index (χ3v) is 2.74. The molecule has 2 rings (SSSR count). The Morgan fingerprint density at radius 3 is 2.38 bits per heavy atom. The van der Waals surface area contributed by atoms with Gasteiger partial charge in [0.1, 0.15) is 5.76 Å². The predicted molar refractivity (Wildman–Crippen MR) is 63.6 cm³/mol. The van der Waals surface area contributed by atoms with E-state index in [2.05, 4.69) is 26.0 Å². The third-order valence-electron chi connectivity index (χ3n) is 2.74. The zero-order valence-electron chi connectivity index (χ0n) is 9.70. The summed E-state index contributed by atoms with van der Waals surface area (Å²) in [6.07, 6.45) is 0. The fourth-order valence-corrected chi connectivity index (χ4v) is 1.58. The maximum atomic E-state index is 11.1. The van der Waals surface area contributed by atoms with Gasteiger partial charge in [0, 0.05) is 12.5 Å². The van der Waals surface area contributed by atoms with Crippen molar-refractivity contribution in [2.75, 3.05) is 0 Å². The van der Waals surface area contributed by atoms with Gasteiger partial charge in [-0.15, -0.1) is 0 Å². The van der Waals surface area contributed by atoms with Crippen LogP contribution in [0.15, 0.2) is 34.7 Å². The van der Waals surface area contributed by atoms with Gasteiger partial charge in [-0.25, -0.2) is 0 Å². The van der Waals surface area contributed by atoms with Crippen molar-refractivity contribution in [2.24, 2.45) is 0 Å². The summed E-state index contributed by atoms with van der Waals surface area (Å²) >= 11 is 0. The van der Waals surface area contributed by atoms with Gasteiger partial charge in [0.25, 0.3) is 0 Å². The summed E-state index contributed by atoms with van der Waals surface area (Å²) in [5.74, 6) is 1.11. The van der Waals surface area contributed by atoms with E-state index >= 15 is 0 Å². The van der Waals surface area contributed by atoms with E-state index in [-0.39, 0.29) is 5.78 Å². The molecule has 2 nitrogen and oxygen atoms in total. The van der Waals surface area contributed by atoms with Gasteiger partial charge >= 0.3 is 0 Å². The second-order valence-electron chi connectivity index (χ2n) is 4.02. The first-order chi connectivity index (χ1) is 7.58. The Balaban J connectivity index is 2.42. The zero-order valence-corrected chi connectivity index (χ0v) is 9.70. The highest BCUT2D eigenvalue weighted by Crippen LogP contribution is 2.24. The number of carbonyl (C=O) groups is 1. The Bertz CT molecular complexity index is 535. The summed E-state index contributed by atoms with van der Waals surface area (Å²) < 4.78 is 5.48. The van der Waals surface area contributed by atoms with Crippen molar-refractivity contribution >= 4 is 5.78 Å². The lowest BCUT2D eigenvalue weighted by Crippen LogP contribution is -1.86. The molecule has 0 N–H and O–H groups in total. The number of carbonyl (C=O) groups excluding carboxylic acids is 1. The van der Waals surface area contributed by atoms with Crippen LogP contribution in [0.5, 0.6) is 0 Å². The molecular formula is C14H14O2. The topological polar surface area (TPSA) is 30.2 Å². The smallest absolute Gasteiger partial charge is 0.194 e. The van der Waals surface area contributed by atoms with Gasteiger partial charge < -0.3 is 4.42 Å². The van der Waals surface area contributed by atoms with E-state index in [0.29, 0.717) is 5.76 Å². The largest absolute Gasteiger partial charge is 0.453 e. The Morgan fingerprint density at radius 2 is 1.81 bits per heavy atom. The minimum absolute atomic E-state index is 0.0462. The van der Waals surface area contributed by atoms with Crippen molar-refractivity contribution in [3.05, 3.63) is 47.2 Å². The number of furan rings is 1. The molecule has 0 atom stereocenters. The zero-order chi connectivity index (χ0) is 11.7. The summed E-state index contributed by atoms with van der Waals surface area (Å²) in [6, 6.07) is 9.68. The fourth-order valence-electron chi connectivity index (χ4n) is 1.58. The molecule has 1 aromatic heterocycles. The predicted octanol–water partition coefficient (Wildman–Crippen LogP) is 3.77. The standard InChI is InChI=1S/C14H14O2/c1-9-4-5-12(8-10(9)2)14-7-6-13(16-14)11(3)15/h4-8H,1-3H3. The van der Waals surface area contributed by atoms with E-state index < -0.39 is 0 Å². The molecule has 0 saturated carbocycles. The molecule has 0 saturated heterocycles. The average Bonchev–Trinajstić information content (AvgIpc) is 2.71. The second-order valence-corrected chi connectivity index (χ2v) is 4.02. The minimum atomic E-state index is -0.0462.